The van der Waals surface area contributed by atoms with Crippen LogP contribution in [0, 0.1) is 5.82 Å². The maximum absolute atomic E-state index is 12.9. The zero-order valence-corrected chi connectivity index (χ0v) is 9.66. The zero-order chi connectivity index (χ0) is 13.1. The lowest BCUT2D eigenvalue weighted by Gasteiger charge is -2.03. The Kier molecular flexibility index (Phi) is 3.23. The van der Waals surface area contributed by atoms with E-state index in [1.54, 1.807) is 6.07 Å². The molecule has 2 rings (SSSR count). The number of benzene rings is 1. The minimum absolute atomic E-state index is 0.129. The third kappa shape index (κ3) is 2.63. The highest BCUT2D eigenvalue weighted by atomic mass is 19.1. The molecule has 0 unspecified atom stereocenters. The van der Waals surface area contributed by atoms with Crippen LogP contribution >= 0.6 is 0 Å². The van der Waals surface area contributed by atoms with Gasteiger partial charge in [0.25, 0.3) is 5.91 Å². The van der Waals surface area contributed by atoms with Crippen molar-refractivity contribution >= 4 is 17.4 Å². The number of hydrogen-bond donors (Lipinski definition) is 2. The molecule has 0 bridgehead atoms. The molecule has 0 aliphatic heterocycles. The van der Waals surface area contributed by atoms with Gasteiger partial charge >= 0.3 is 0 Å². The summed E-state index contributed by atoms with van der Waals surface area (Å²) >= 11 is 0. The Balaban J connectivity index is 2.14. The van der Waals surface area contributed by atoms with Crippen molar-refractivity contribution in [2.24, 2.45) is 0 Å². The van der Waals surface area contributed by atoms with Gasteiger partial charge in [-0.3, -0.25) is 9.59 Å². The van der Waals surface area contributed by atoms with Crippen LogP contribution in [0.25, 0.3) is 0 Å². The van der Waals surface area contributed by atoms with Crippen molar-refractivity contribution in [3.8, 4) is 0 Å². The molecule has 0 spiro atoms. The van der Waals surface area contributed by atoms with Gasteiger partial charge in [-0.15, -0.1) is 0 Å². The van der Waals surface area contributed by atoms with Crippen molar-refractivity contribution in [3.63, 3.8) is 0 Å². The number of halogens is 1. The first kappa shape index (κ1) is 12.0. The highest BCUT2D eigenvalue weighted by molar-refractivity contribution is 6.05. The average Bonchev–Trinajstić information content (AvgIpc) is 2.78. The number of hydrogen-bond acceptors (Lipinski definition) is 2. The van der Waals surface area contributed by atoms with E-state index in [0.717, 1.165) is 0 Å². The first-order valence-corrected chi connectivity index (χ1v) is 5.32. The first-order chi connectivity index (χ1) is 8.56. The molecule has 1 aromatic heterocycles. The lowest BCUT2D eigenvalue weighted by molar-refractivity contribution is 0.101. The molecule has 18 heavy (non-hydrogen) atoms. The van der Waals surface area contributed by atoms with E-state index in [0.29, 0.717) is 11.3 Å². The fraction of sp³-hybridized carbons (Fsp3) is 0.0769. The molecule has 1 aromatic carbocycles. The van der Waals surface area contributed by atoms with E-state index in [1.807, 2.05) is 0 Å². The highest BCUT2D eigenvalue weighted by Crippen LogP contribution is 2.11. The summed E-state index contributed by atoms with van der Waals surface area (Å²) in [5, 5.41) is 2.53. The van der Waals surface area contributed by atoms with E-state index in [9.17, 15) is 14.0 Å². The molecule has 0 aliphatic rings. The van der Waals surface area contributed by atoms with Crippen LogP contribution in [0.15, 0.2) is 36.5 Å². The normalized spacial score (nSPS) is 10.1. The Hall–Kier alpha value is -2.43. The fourth-order valence-corrected chi connectivity index (χ4v) is 1.49. The molecule has 0 radical (unpaired) electrons. The number of aromatic nitrogens is 1. The summed E-state index contributed by atoms with van der Waals surface area (Å²) in [5.41, 5.74) is 1.04. The second-order valence-electron chi connectivity index (χ2n) is 3.82. The van der Waals surface area contributed by atoms with Gasteiger partial charge in [0.2, 0.25) is 0 Å². The summed E-state index contributed by atoms with van der Waals surface area (Å²) in [6.07, 6.45) is 1.46. The van der Waals surface area contributed by atoms with E-state index < -0.39 is 11.7 Å². The number of ketones is 1. The van der Waals surface area contributed by atoms with Gasteiger partial charge in [0.15, 0.2) is 5.78 Å². The third-order valence-electron chi connectivity index (χ3n) is 2.42. The Morgan fingerprint density at radius 2 is 2.06 bits per heavy atom. The van der Waals surface area contributed by atoms with Gasteiger partial charge in [0.1, 0.15) is 11.5 Å². The zero-order valence-electron chi connectivity index (χ0n) is 9.66. The van der Waals surface area contributed by atoms with Crippen molar-refractivity contribution < 1.29 is 14.0 Å². The summed E-state index contributed by atoms with van der Waals surface area (Å²) in [4.78, 5) is 25.6. The Bertz CT molecular complexity index is 605. The number of carbonyl (C=O) groups is 2. The Morgan fingerprint density at radius 3 is 2.67 bits per heavy atom. The number of H-pyrrole nitrogens is 1. The van der Waals surface area contributed by atoms with Crippen LogP contribution in [0.3, 0.4) is 0 Å². The van der Waals surface area contributed by atoms with Gasteiger partial charge in [-0.2, -0.15) is 0 Å². The summed E-state index contributed by atoms with van der Waals surface area (Å²) in [5.74, 6) is -0.979. The van der Waals surface area contributed by atoms with Gasteiger partial charge in [-0.25, -0.2) is 4.39 Å². The Morgan fingerprint density at radius 1 is 1.28 bits per heavy atom. The molecule has 0 atom stereocenters. The van der Waals surface area contributed by atoms with Crippen molar-refractivity contribution in [2.45, 2.75) is 6.92 Å². The molecule has 0 fully saturated rings. The summed E-state index contributed by atoms with van der Waals surface area (Å²) < 4.78 is 12.9. The molecule has 0 saturated heterocycles. The van der Waals surface area contributed by atoms with Crippen molar-refractivity contribution in [2.75, 3.05) is 5.32 Å². The van der Waals surface area contributed by atoms with Crippen LogP contribution in [-0.2, 0) is 0 Å². The van der Waals surface area contributed by atoms with Crippen molar-refractivity contribution in [1.29, 1.82) is 0 Å². The molecule has 2 aromatic rings. The number of Topliss-reactive ketones (excluding diaryl/α,β-unsaturated/α-hetero) is 1. The van der Waals surface area contributed by atoms with Gasteiger partial charge in [-0.1, -0.05) is 6.07 Å². The van der Waals surface area contributed by atoms with Gasteiger partial charge in [0.05, 0.1) is 0 Å². The molecular formula is C13H11FN2O2. The van der Waals surface area contributed by atoms with Gasteiger partial charge < -0.3 is 10.3 Å². The van der Waals surface area contributed by atoms with Gasteiger partial charge in [0, 0.05) is 17.4 Å². The number of carbonyl (C=O) groups excluding carboxylic acids is 2. The summed E-state index contributed by atoms with van der Waals surface area (Å²) in [7, 11) is 0. The third-order valence-corrected chi connectivity index (χ3v) is 2.42. The predicted molar refractivity (Wildman–Crippen MR) is 65.2 cm³/mol. The highest BCUT2D eigenvalue weighted by Gasteiger charge is 2.10. The van der Waals surface area contributed by atoms with Crippen LogP contribution in [-0.4, -0.2) is 16.7 Å². The quantitative estimate of drug-likeness (QED) is 0.818. The molecule has 92 valence electrons. The van der Waals surface area contributed by atoms with E-state index in [1.165, 1.54) is 37.4 Å². The SMILES string of the molecule is CC(=O)c1c[nH]c(C(=O)Nc2cccc(F)c2)c1. The lowest BCUT2D eigenvalue weighted by Crippen LogP contribution is -2.12. The number of rotatable bonds is 3. The van der Waals surface area contributed by atoms with Crippen LogP contribution < -0.4 is 5.32 Å². The molecular weight excluding hydrogens is 235 g/mol. The second kappa shape index (κ2) is 4.83. The monoisotopic (exact) mass is 246 g/mol. The number of anilines is 1. The van der Waals surface area contributed by atoms with Crippen molar-refractivity contribution in [3.05, 3.63) is 53.6 Å². The van der Waals surface area contributed by atoms with Crippen molar-refractivity contribution in [1.82, 2.24) is 4.98 Å². The smallest absolute Gasteiger partial charge is 0.272 e. The topological polar surface area (TPSA) is 62.0 Å². The molecule has 2 N–H and O–H groups in total. The predicted octanol–water partition coefficient (Wildman–Crippen LogP) is 2.61. The first-order valence-electron chi connectivity index (χ1n) is 5.32. The van der Waals surface area contributed by atoms with Gasteiger partial charge in [-0.05, 0) is 31.2 Å². The van der Waals surface area contributed by atoms with Crippen LogP contribution in [0.1, 0.15) is 27.8 Å². The number of nitrogens with one attached hydrogen (secondary N) is 2. The molecule has 1 amide bonds. The number of aromatic amines is 1. The van der Waals surface area contributed by atoms with E-state index >= 15 is 0 Å². The average molecular weight is 246 g/mol. The summed E-state index contributed by atoms with van der Waals surface area (Å²) in [6.45, 7) is 1.41. The standard InChI is InChI=1S/C13H11FN2O2/c1-8(17)9-5-12(15-7-9)13(18)16-11-4-2-3-10(14)6-11/h2-7,15H,1H3,(H,16,18). The molecule has 4 nitrogen and oxygen atoms in total. The fourth-order valence-electron chi connectivity index (χ4n) is 1.49. The van der Waals surface area contributed by atoms with E-state index in [4.69, 9.17) is 0 Å². The number of amides is 1. The maximum Gasteiger partial charge on any atom is 0.272 e. The lowest BCUT2D eigenvalue weighted by atomic mass is 10.2. The minimum atomic E-state index is -0.427. The van der Waals surface area contributed by atoms with Crippen LogP contribution in [0.2, 0.25) is 0 Å². The minimum Gasteiger partial charge on any atom is -0.356 e. The van der Waals surface area contributed by atoms with E-state index in [2.05, 4.69) is 10.3 Å². The summed E-state index contributed by atoms with van der Waals surface area (Å²) in [6, 6.07) is 7.04. The molecule has 0 aliphatic carbocycles. The largest absolute Gasteiger partial charge is 0.356 e. The Labute approximate surface area is 103 Å². The van der Waals surface area contributed by atoms with Crippen LogP contribution in [0.4, 0.5) is 10.1 Å². The second-order valence-corrected chi connectivity index (χ2v) is 3.82. The maximum atomic E-state index is 12.9. The molecule has 0 saturated carbocycles. The molecule has 1 heterocycles. The van der Waals surface area contributed by atoms with Crippen LogP contribution in [0.5, 0.6) is 0 Å². The van der Waals surface area contributed by atoms with E-state index in [-0.39, 0.29) is 11.5 Å². The molecule has 5 heteroatoms.